The summed E-state index contributed by atoms with van der Waals surface area (Å²) in [5.74, 6) is 0.238. The minimum Gasteiger partial charge on any atom is -0.493 e. The van der Waals surface area contributed by atoms with Gasteiger partial charge in [-0.05, 0) is 25.8 Å². The average Bonchev–Trinajstić information content (AvgIpc) is 2.24. The van der Waals surface area contributed by atoms with Gasteiger partial charge in [0.2, 0.25) is 0 Å². The van der Waals surface area contributed by atoms with Crippen LogP contribution in [0.4, 0.5) is 4.39 Å². The molecule has 2 nitrogen and oxygen atoms in total. The maximum absolute atomic E-state index is 13.0. The zero-order valence-corrected chi connectivity index (χ0v) is 9.58. The van der Waals surface area contributed by atoms with E-state index in [2.05, 4.69) is 6.58 Å². The maximum Gasteiger partial charge on any atom is 0.126 e. The molecule has 0 saturated heterocycles. The number of unbranched alkanes of at least 4 members (excludes halogenated alkanes) is 1. The summed E-state index contributed by atoms with van der Waals surface area (Å²) < 4.78 is 18.6. The van der Waals surface area contributed by atoms with Crippen molar-refractivity contribution in [3.05, 3.63) is 42.2 Å². The Morgan fingerprint density at radius 3 is 2.94 bits per heavy atom. The smallest absolute Gasteiger partial charge is 0.126 e. The van der Waals surface area contributed by atoms with E-state index < -0.39 is 0 Å². The summed E-state index contributed by atoms with van der Waals surface area (Å²) in [7, 11) is 0. The molecule has 16 heavy (non-hydrogen) atoms. The largest absolute Gasteiger partial charge is 0.493 e. The molecule has 1 aromatic rings. The summed E-state index contributed by atoms with van der Waals surface area (Å²) in [5.41, 5.74) is 6.61. The van der Waals surface area contributed by atoms with E-state index in [-0.39, 0.29) is 11.9 Å². The maximum atomic E-state index is 13.0. The van der Waals surface area contributed by atoms with Crippen LogP contribution in [-0.4, -0.2) is 6.61 Å². The number of halogens is 1. The Hall–Kier alpha value is -1.35. The van der Waals surface area contributed by atoms with Gasteiger partial charge in [0.25, 0.3) is 0 Å². The van der Waals surface area contributed by atoms with Crippen molar-refractivity contribution in [2.75, 3.05) is 6.61 Å². The van der Waals surface area contributed by atoms with Gasteiger partial charge in [-0.3, -0.25) is 0 Å². The molecule has 1 aromatic carbocycles. The lowest BCUT2D eigenvalue weighted by molar-refractivity contribution is 0.306. The summed E-state index contributed by atoms with van der Waals surface area (Å²) in [6.45, 7) is 6.03. The zero-order valence-electron chi connectivity index (χ0n) is 9.58. The van der Waals surface area contributed by atoms with Gasteiger partial charge in [0.1, 0.15) is 11.6 Å². The summed E-state index contributed by atoms with van der Waals surface area (Å²) in [4.78, 5) is 0. The molecule has 1 rings (SSSR count). The number of benzene rings is 1. The fourth-order valence-corrected chi connectivity index (χ4v) is 1.42. The minimum atomic E-state index is -0.303. The Labute approximate surface area is 95.9 Å². The van der Waals surface area contributed by atoms with Gasteiger partial charge < -0.3 is 10.5 Å². The van der Waals surface area contributed by atoms with Crippen molar-refractivity contribution in [3.8, 4) is 5.75 Å². The van der Waals surface area contributed by atoms with Crippen molar-refractivity contribution in [2.24, 2.45) is 5.73 Å². The van der Waals surface area contributed by atoms with Gasteiger partial charge in [0, 0.05) is 17.7 Å². The van der Waals surface area contributed by atoms with Crippen LogP contribution in [-0.2, 0) is 0 Å². The lowest BCUT2D eigenvalue weighted by Gasteiger charge is -2.13. The van der Waals surface area contributed by atoms with Crippen LogP contribution in [0.25, 0.3) is 0 Å². The van der Waals surface area contributed by atoms with Gasteiger partial charge in [0.15, 0.2) is 0 Å². The van der Waals surface area contributed by atoms with Crippen LogP contribution in [0.2, 0.25) is 0 Å². The second-order valence-electron chi connectivity index (χ2n) is 3.75. The first-order valence-corrected chi connectivity index (χ1v) is 5.44. The Bertz CT molecular complexity index is 350. The van der Waals surface area contributed by atoms with Crippen LogP contribution in [0.5, 0.6) is 5.75 Å². The molecule has 0 aliphatic rings. The van der Waals surface area contributed by atoms with Crippen LogP contribution >= 0.6 is 0 Å². The molecular weight excluding hydrogens is 205 g/mol. The van der Waals surface area contributed by atoms with Crippen LogP contribution < -0.4 is 10.5 Å². The van der Waals surface area contributed by atoms with Crippen LogP contribution in [0.3, 0.4) is 0 Å². The molecule has 0 aliphatic carbocycles. The summed E-state index contributed by atoms with van der Waals surface area (Å²) in [5, 5.41) is 0. The molecule has 0 heterocycles. The molecule has 0 fully saturated rings. The molecule has 0 spiro atoms. The van der Waals surface area contributed by atoms with Gasteiger partial charge in [-0.15, -0.1) is 6.58 Å². The highest BCUT2D eigenvalue weighted by Crippen LogP contribution is 2.24. The molecule has 0 aliphatic heterocycles. The van der Waals surface area contributed by atoms with E-state index >= 15 is 0 Å². The molecule has 1 atom stereocenters. The van der Waals surface area contributed by atoms with Crippen molar-refractivity contribution >= 4 is 0 Å². The first kappa shape index (κ1) is 12.7. The van der Waals surface area contributed by atoms with E-state index in [4.69, 9.17) is 10.5 Å². The van der Waals surface area contributed by atoms with E-state index in [1.54, 1.807) is 6.07 Å². The van der Waals surface area contributed by atoms with Crippen molar-refractivity contribution in [3.63, 3.8) is 0 Å². The second-order valence-corrected chi connectivity index (χ2v) is 3.75. The van der Waals surface area contributed by atoms with Crippen LogP contribution in [0, 0.1) is 5.82 Å². The predicted molar refractivity (Wildman–Crippen MR) is 63.9 cm³/mol. The summed E-state index contributed by atoms with van der Waals surface area (Å²) in [6, 6.07) is 4.29. The fraction of sp³-hybridized carbons (Fsp3) is 0.385. The minimum absolute atomic E-state index is 0.157. The predicted octanol–water partition coefficient (Wildman–Crippen LogP) is 3.19. The molecule has 0 saturated carbocycles. The van der Waals surface area contributed by atoms with Gasteiger partial charge >= 0.3 is 0 Å². The molecule has 0 bridgehead atoms. The number of hydrogen-bond acceptors (Lipinski definition) is 2. The Kier molecular flexibility index (Phi) is 4.99. The second kappa shape index (κ2) is 6.28. The molecule has 0 radical (unpaired) electrons. The first-order chi connectivity index (χ1) is 7.65. The molecule has 1 unspecified atom stereocenters. The molecule has 2 N–H and O–H groups in total. The normalized spacial score (nSPS) is 12.2. The molecular formula is C13H18FNO. The lowest BCUT2D eigenvalue weighted by atomic mass is 10.1. The third-order valence-corrected chi connectivity index (χ3v) is 2.28. The number of nitrogens with two attached hydrogens (primary N) is 1. The fourth-order valence-electron chi connectivity index (χ4n) is 1.42. The molecule has 3 heteroatoms. The summed E-state index contributed by atoms with van der Waals surface area (Å²) >= 11 is 0. The summed E-state index contributed by atoms with van der Waals surface area (Å²) in [6.07, 6.45) is 3.60. The number of hydrogen-bond donors (Lipinski definition) is 1. The zero-order chi connectivity index (χ0) is 12.0. The third kappa shape index (κ3) is 3.66. The van der Waals surface area contributed by atoms with Gasteiger partial charge in [0.05, 0.1) is 6.61 Å². The van der Waals surface area contributed by atoms with Gasteiger partial charge in [-0.2, -0.15) is 0 Å². The van der Waals surface area contributed by atoms with Crippen molar-refractivity contribution in [2.45, 2.75) is 25.8 Å². The first-order valence-electron chi connectivity index (χ1n) is 5.44. The van der Waals surface area contributed by atoms with Gasteiger partial charge in [-0.25, -0.2) is 4.39 Å². The standard InChI is InChI=1S/C13H18FNO/c1-3-4-5-8-16-13-9-11(14)6-7-12(13)10(2)15/h3,6-7,9-10H,1,4-5,8,15H2,2H3. The third-order valence-electron chi connectivity index (χ3n) is 2.28. The topological polar surface area (TPSA) is 35.2 Å². The monoisotopic (exact) mass is 223 g/mol. The van der Waals surface area contributed by atoms with Crippen LogP contribution in [0.15, 0.2) is 30.9 Å². The van der Waals surface area contributed by atoms with E-state index in [9.17, 15) is 4.39 Å². The Morgan fingerprint density at radius 1 is 1.56 bits per heavy atom. The van der Waals surface area contributed by atoms with Crippen molar-refractivity contribution in [1.29, 1.82) is 0 Å². The quantitative estimate of drug-likeness (QED) is 0.593. The highest BCUT2D eigenvalue weighted by molar-refractivity contribution is 5.36. The Morgan fingerprint density at radius 2 is 2.31 bits per heavy atom. The van der Waals surface area contributed by atoms with Crippen molar-refractivity contribution in [1.82, 2.24) is 0 Å². The number of rotatable bonds is 6. The van der Waals surface area contributed by atoms with E-state index in [0.717, 1.165) is 18.4 Å². The van der Waals surface area contributed by atoms with E-state index in [1.165, 1.54) is 12.1 Å². The van der Waals surface area contributed by atoms with E-state index in [1.807, 2.05) is 13.0 Å². The SMILES string of the molecule is C=CCCCOc1cc(F)ccc1C(C)N. The number of ether oxygens (including phenoxy) is 1. The molecule has 0 amide bonds. The van der Waals surface area contributed by atoms with Crippen molar-refractivity contribution < 1.29 is 9.13 Å². The molecule has 0 aromatic heterocycles. The van der Waals surface area contributed by atoms with E-state index in [0.29, 0.717) is 12.4 Å². The number of allylic oxidation sites excluding steroid dienone is 1. The lowest BCUT2D eigenvalue weighted by Crippen LogP contribution is -2.09. The average molecular weight is 223 g/mol. The highest BCUT2D eigenvalue weighted by atomic mass is 19.1. The highest BCUT2D eigenvalue weighted by Gasteiger charge is 2.08. The van der Waals surface area contributed by atoms with Gasteiger partial charge in [-0.1, -0.05) is 12.1 Å². The Balaban J connectivity index is 2.68. The molecule has 88 valence electrons. The van der Waals surface area contributed by atoms with Crippen LogP contribution in [0.1, 0.15) is 31.4 Å².